The van der Waals surface area contributed by atoms with E-state index in [-0.39, 0.29) is 19.0 Å². The lowest BCUT2D eigenvalue weighted by Gasteiger charge is -2.06. The maximum Gasteiger partial charge on any atom is 0.339 e. The number of carbonyl (C=O) groups is 2. The van der Waals surface area contributed by atoms with Crippen molar-refractivity contribution in [2.45, 2.75) is 6.92 Å². The lowest BCUT2D eigenvalue weighted by atomic mass is 10.3. The van der Waals surface area contributed by atoms with Gasteiger partial charge >= 0.3 is 5.97 Å². The third kappa shape index (κ3) is 5.08. The molecular formula is C13H15N3O3. The molecule has 0 saturated carbocycles. The Bertz CT molecular complexity index is 477. The summed E-state index contributed by atoms with van der Waals surface area (Å²) in [5.74, 6) is 2.14. The summed E-state index contributed by atoms with van der Waals surface area (Å²) >= 11 is 0. The Morgan fingerprint density at radius 3 is 2.84 bits per heavy atom. The van der Waals surface area contributed by atoms with Crippen LogP contribution in [0.5, 0.6) is 0 Å². The molecule has 100 valence electrons. The highest BCUT2D eigenvalue weighted by Gasteiger charge is 2.07. The van der Waals surface area contributed by atoms with Crippen molar-refractivity contribution in [3.8, 4) is 12.3 Å². The topological polar surface area (TPSA) is 80.3 Å². The molecule has 0 unspecified atom stereocenters. The molecule has 0 aliphatic heterocycles. The third-order valence-corrected chi connectivity index (χ3v) is 2.09. The number of terminal acetylenes is 1. The number of aromatic nitrogens is 1. The molecule has 0 fully saturated rings. The van der Waals surface area contributed by atoms with Gasteiger partial charge in [-0.05, 0) is 19.1 Å². The molecular weight excluding hydrogens is 246 g/mol. The number of amides is 1. The lowest BCUT2D eigenvalue weighted by Crippen LogP contribution is -2.30. The second kappa shape index (κ2) is 7.71. The normalized spacial score (nSPS) is 9.26. The van der Waals surface area contributed by atoms with E-state index in [1.54, 1.807) is 19.1 Å². The van der Waals surface area contributed by atoms with E-state index in [4.69, 9.17) is 11.2 Å². The second-order valence-electron chi connectivity index (χ2n) is 3.49. The fourth-order valence-corrected chi connectivity index (χ4v) is 1.22. The predicted octanol–water partition coefficient (Wildman–Crippen LogP) is 0.420. The average Bonchev–Trinajstić information content (AvgIpc) is 2.43. The fourth-order valence-electron chi connectivity index (χ4n) is 1.22. The number of esters is 1. The summed E-state index contributed by atoms with van der Waals surface area (Å²) in [7, 11) is 0. The number of rotatable bonds is 6. The summed E-state index contributed by atoms with van der Waals surface area (Å²) in [4.78, 5) is 26.6. The van der Waals surface area contributed by atoms with Crippen molar-refractivity contribution in [1.82, 2.24) is 10.3 Å². The van der Waals surface area contributed by atoms with E-state index in [9.17, 15) is 9.59 Å². The third-order valence-electron chi connectivity index (χ3n) is 2.09. The summed E-state index contributed by atoms with van der Waals surface area (Å²) in [6.07, 6.45) is 6.40. The molecule has 1 amide bonds. The van der Waals surface area contributed by atoms with Gasteiger partial charge in [0, 0.05) is 6.20 Å². The van der Waals surface area contributed by atoms with E-state index in [1.807, 2.05) is 0 Å². The van der Waals surface area contributed by atoms with Crippen LogP contribution in [-0.4, -0.2) is 36.6 Å². The number of carbonyl (C=O) groups excluding carboxylic acids is 2. The number of hydrogen-bond acceptors (Lipinski definition) is 5. The molecule has 0 saturated heterocycles. The van der Waals surface area contributed by atoms with Gasteiger partial charge in [0.05, 0.1) is 25.3 Å². The molecule has 1 heterocycles. The van der Waals surface area contributed by atoms with Gasteiger partial charge in [-0.25, -0.2) is 9.78 Å². The zero-order valence-corrected chi connectivity index (χ0v) is 10.6. The van der Waals surface area contributed by atoms with Gasteiger partial charge in [0.25, 0.3) is 0 Å². The van der Waals surface area contributed by atoms with Crippen molar-refractivity contribution >= 4 is 17.7 Å². The fraction of sp³-hybridized carbons (Fsp3) is 0.308. The molecule has 1 rings (SSSR count). The monoisotopic (exact) mass is 261 g/mol. The van der Waals surface area contributed by atoms with Crippen LogP contribution < -0.4 is 10.6 Å². The van der Waals surface area contributed by atoms with E-state index in [2.05, 4.69) is 21.5 Å². The molecule has 6 nitrogen and oxygen atoms in total. The Labute approximate surface area is 111 Å². The van der Waals surface area contributed by atoms with E-state index < -0.39 is 5.97 Å². The maximum atomic E-state index is 11.4. The SMILES string of the molecule is C#CCNC(=O)CNc1ccc(C(=O)OCC)cn1. The van der Waals surface area contributed by atoms with Crippen LogP contribution in [0.15, 0.2) is 18.3 Å². The second-order valence-corrected chi connectivity index (χ2v) is 3.49. The van der Waals surface area contributed by atoms with Crippen LogP contribution in [-0.2, 0) is 9.53 Å². The van der Waals surface area contributed by atoms with Crippen molar-refractivity contribution in [3.63, 3.8) is 0 Å². The first-order valence-electron chi connectivity index (χ1n) is 5.74. The van der Waals surface area contributed by atoms with Crippen LogP contribution in [0.25, 0.3) is 0 Å². The van der Waals surface area contributed by atoms with Crippen molar-refractivity contribution < 1.29 is 14.3 Å². The van der Waals surface area contributed by atoms with E-state index in [0.717, 1.165) is 0 Å². The quantitative estimate of drug-likeness (QED) is 0.573. The molecule has 0 radical (unpaired) electrons. The number of hydrogen-bond donors (Lipinski definition) is 2. The van der Waals surface area contributed by atoms with Crippen molar-refractivity contribution in [2.24, 2.45) is 0 Å². The molecule has 0 aromatic carbocycles. The molecule has 19 heavy (non-hydrogen) atoms. The number of nitrogens with zero attached hydrogens (tertiary/aromatic N) is 1. The zero-order chi connectivity index (χ0) is 14.1. The predicted molar refractivity (Wildman–Crippen MR) is 70.5 cm³/mol. The van der Waals surface area contributed by atoms with Crippen LogP contribution in [0.1, 0.15) is 17.3 Å². The summed E-state index contributed by atoms with van der Waals surface area (Å²) < 4.78 is 4.83. The van der Waals surface area contributed by atoms with Gasteiger partial charge in [-0.1, -0.05) is 5.92 Å². The molecule has 0 aliphatic rings. The number of pyridine rings is 1. The molecule has 0 spiro atoms. The minimum atomic E-state index is -0.423. The molecule has 6 heteroatoms. The van der Waals surface area contributed by atoms with Crippen molar-refractivity contribution in [3.05, 3.63) is 23.9 Å². The molecule has 0 bridgehead atoms. The van der Waals surface area contributed by atoms with Crippen LogP contribution in [0.4, 0.5) is 5.82 Å². The van der Waals surface area contributed by atoms with Crippen LogP contribution in [0.2, 0.25) is 0 Å². The molecule has 2 N–H and O–H groups in total. The van der Waals surface area contributed by atoms with Gasteiger partial charge in [0.1, 0.15) is 5.82 Å². The highest BCUT2D eigenvalue weighted by molar-refractivity contribution is 5.89. The van der Waals surface area contributed by atoms with Crippen LogP contribution in [0, 0.1) is 12.3 Å². The lowest BCUT2D eigenvalue weighted by molar-refractivity contribution is -0.119. The van der Waals surface area contributed by atoms with Gasteiger partial charge < -0.3 is 15.4 Å². The molecule has 0 atom stereocenters. The highest BCUT2D eigenvalue weighted by atomic mass is 16.5. The van der Waals surface area contributed by atoms with Crippen LogP contribution in [0.3, 0.4) is 0 Å². The largest absolute Gasteiger partial charge is 0.462 e. The van der Waals surface area contributed by atoms with E-state index >= 15 is 0 Å². The molecule has 0 aliphatic carbocycles. The van der Waals surface area contributed by atoms with Gasteiger partial charge in [0.15, 0.2) is 0 Å². The first-order valence-corrected chi connectivity index (χ1v) is 5.74. The first-order chi connectivity index (χ1) is 9.17. The Kier molecular flexibility index (Phi) is 5.89. The summed E-state index contributed by atoms with van der Waals surface area (Å²) in [6, 6.07) is 3.17. The Morgan fingerprint density at radius 1 is 1.47 bits per heavy atom. The Hall–Kier alpha value is -2.55. The van der Waals surface area contributed by atoms with E-state index in [0.29, 0.717) is 18.0 Å². The van der Waals surface area contributed by atoms with Crippen molar-refractivity contribution in [1.29, 1.82) is 0 Å². The van der Waals surface area contributed by atoms with Crippen LogP contribution >= 0.6 is 0 Å². The van der Waals surface area contributed by atoms with E-state index in [1.165, 1.54) is 6.20 Å². The summed E-state index contributed by atoms with van der Waals surface area (Å²) in [5.41, 5.74) is 0.365. The average molecular weight is 261 g/mol. The number of nitrogens with one attached hydrogen (secondary N) is 2. The van der Waals surface area contributed by atoms with Crippen molar-refractivity contribution in [2.75, 3.05) is 25.0 Å². The van der Waals surface area contributed by atoms with Gasteiger partial charge in [-0.2, -0.15) is 0 Å². The molecule has 1 aromatic heterocycles. The minimum Gasteiger partial charge on any atom is -0.462 e. The Balaban J connectivity index is 2.46. The zero-order valence-electron chi connectivity index (χ0n) is 10.6. The smallest absolute Gasteiger partial charge is 0.339 e. The van der Waals surface area contributed by atoms with Gasteiger partial charge in [0.2, 0.25) is 5.91 Å². The number of ether oxygens (including phenoxy) is 1. The van der Waals surface area contributed by atoms with Gasteiger partial charge in [-0.15, -0.1) is 6.42 Å². The first kappa shape index (κ1) is 14.5. The number of anilines is 1. The maximum absolute atomic E-state index is 11.4. The summed E-state index contributed by atoms with van der Waals surface area (Å²) in [5, 5.41) is 5.32. The Morgan fingerprint density at radius 2 is 2.26 bits per heavy atom. The minimum absolute atomic E-state index is 0.0629. The highest BCUT2D eigenvalue weighted by Crippen LogP contribution is 2.06. The molecule has 1 aromatic rings. The summed E-state index contributed by atoms with van der Waals surface area (Å²) in [6.45, 7) is 2.30. The standard InChI is InChI=1S/C13H15N3O3/c1-3-7-14-12(17)9-16-11-6-5-10(8-15-11)13(18)19-4-2/h1,5-6,8H,4,7,9H2,2H3,(H,14,17)(H,15,16). The van der Waals surface area contributed by atoms with Gasteiger partial charge in [-0.3, -0.25) is 4.79 Å².